The van der Waals surface area contributed by atoms with Crippen LogP contribution in [0.2, 0.25) is 0 Å². The van der Waals surface area contributed by atoms with E-state index in [0.29, 0.717) is 50.9 Å². The number of imide groups is 2. The van der Waals surface area contributed by atoms with E-state index in [9.17, 15) is 19.2 Å². The molecule has 0 aliphatic carbocycles. The first-order valence-corrected chi connectivity index (χ1v) is 24.7. The smallest absolute Gasteiger partial charge is 0.423 e. The molecule has 396 valence electrons. The number of carbonyl (C=O) groups is 4. The zero-order valence-electron chi connectivity index (χ0n) is 43.4. The van der Waals surface area contributed by atoms with E-state index in [1.54, 1.807) is 153 Å². The first-order valence-electron chi connectivity index (χ1n) is 23.6. The molecule has 0 aliphatic rings. The van der Waals surface area contributed by atoms with E-state index in [-0.39, 0.29) is 18.2 Å². The molecule has 77 heavy (non-hydrogen) atoms. The van der Waals surface area contributed by atoms with Crippen LogP contribution in [0.4, 0.5) is 21.2 Å². The largest absolute Gasteiger partial charge is 0.443 e. The van der Waals surface area contributed by atoms with Crippen molar-refractivity contribution in [2.24, 2.45) is 24.4 Å². The molecule has 0 radical (unpaired) electrons. The molecule has 0 aliphatic heterocycles. The Morgan fingerprint density at radius 1 is 0.532 bits per heavy atom. The van der Waals surface area contributed by atoms with Gasteiger partial charge >= 0.3 is 12.2 Å². The highest BCUT2D eigenvalue weighted by Gasteiger charge is 2.32. The van der Waals surface area contributed by atoms with E-state index < -0.39 is 35.2 Å². The maximum Gasteiger partial charge on any atom is 0.423 e. The number of halogens is 1. The predicted molar refractivity (Wildman–Crippen MR) is 288 cm³/mol. The highest BCUT2D eigenvalue weighted by Crippen LogP contribution is 2.23. The molecule has 22 nitrogen and oxygen atoms in total. The number of ether oxygens (including phenoxy) is 2. The Morgan fingerprint density at radius 3 is 1.29 bits per heavy atom. The number of rotatable bonds is 12. The zero-order chi connectivity index (χ0) is 55.5. The number of nitrogens with zero attached hydrogens (tertiary/aromatic N) is 14. The molecule has 4 amide bonds. The van der Waals surface area contributed by atoms with Crippen molar-refractivity contribution in [3.63, 3.8) is 0 Å². The molecule has 0 bridgehead atoms. The minimum atomic E-state index is -0.837. The number of tetrazole rings is 2. The molecule has 0 saturated carbocycles. The van der Waals surface area contributed by atoms with Crippen LogP contribution in [0.25, 0.3) is 0 Å². The van der Waals surface area contributed by atoms with Gasteiger partial charge in [-0.1, -0.05) is 135 Å². The fraction of sp³-hybridized carbons (Fsp3) is 0.222. The Morgan fingerprint density at radius 2 is 0.909 bits per heavy atom. The summed E-state index contributed by atoms with van der Waals surface area (Å²) >= 11 is 3.33. The quantitative estimate of drug-likeness (QED) is 0.0517. The fourth-order valence-electron chi connectivity index (χ4n) is 6.60. The van der Waals surface area contributed by atoms with Gasteiger partial charge in [0.05, 0.1) is 11.4 Å². The van der Waals surface area contributed by atoms with Crippen molar-refractivity contribution in [1.29, 1.82) is 0 Å². The van der Waals surface area contributed by atoms with Crippen LogP contribution < -0.4 is 9.80 Å². The Bertz CT molecular complexity index is 3290. The van der Waals surface area contributed by atoms with Crippen molar-refractivity contribution in [2.45, 2.75) is 64.7 Å². The monoisotopic (exact) mass is 1110 g/mol. The lowest BCUT2D eigenvalue weighted by molar-refractivity contribution is 0.0546. The van der Waals surface area contributed by atoms with Crippen LogP contribution in [-0.2, 0) is 40.3 Å². The van der Waals surface area contributed by atoms with Crippen LogP contribution in [0, 0.1) is 0 Å². The number of benzene rings is 4. The highest BCUT2D eigenvalue weighted by atomic mass is 79.9. The number of amides is 4. The Kier molecular flexibility index (Phi) is 19.7. The van der Waals surface area contributed by atoms with Gasteiger partial charge in [-0.05, 0) is 111 Å². The Labute approximate surface area is 452 Å². The topological polar surface area (TPSA) is 260 Å². The third kappa shape index (κ3) is 16.3. The SMILES string of the molecule is CC(C)(C)OC(=O)N(C(=O)c1ccccc1)c1cccc(CBr)n1.Cn1nnnc1C(=NO)c1ccccc1.Cn1nnnc1C(=NOCc1cccc(N(C(=O)OC(C)(C)C)C(=O)c2ccccc2)n1)c1ccccc1. The highest BCUT2D eigenvalue weighted by molar-refractivity contribution is 9.08. The Balaban J connectivity index is 0.000000209. The van der Waals surface area contributed by atoms with Crippen molar-refractivity contribution in [1.82, 2.24) is 50.4 Å². The van der Waals surface area contributed by atoms with E-state index in [0.717, 1.165) is 20.9 Å². The van der Waals surface area contributed by atoms with Gasteiger partial charge in [-0.2, -0.15) is 9.80 Å². The van der Waals surface area contributed by atoms with Gasteiger partial charge in [0.15, 0.2) is 18.0 Å². The molecule has 0 saturated heterocycles. The number of hydrogen-bond donors (Lipinski definition) is 1. The molecule has 4 aromatic carbocycles. The van der Waals surface area contributed by atoms with Gasteiger partial charge in [-0.3, -0.25) is 9.59 Å². The van der Waals surface area contributed by atoms with Gasteiger partial charge in [0, 0.05) is 41.7 Å². The number of aryl methyl sites for hydroxylation is 2. The van der Waals surface area contributed by atoms with Gasteiger partial charge in [0.25, 0.3) is 11.8 Å². The van der Waals surface area contributed by atoms with Crippen LogP contribution in [-0.4, -0.2) is 102 Å². The van der Waals surface area contributed by atoms with Crippen LogP contribution in [0.5, 0.6) is 0 Å². The van der Waals surface area contributed by atoms with Gasteiger partial charge in [-0.15, -0.1) is 10.2 Å². The van der Waals surface area contributed by atoms with Crippen molar-refractivity contribution < 1.29 is 38.7 Å². The standard InChI is InChI=1S/C27H27N7O4.C18H19BrN2O3.C9H9N5O/c1-27(2,3)38-26(36)34(25(35)20-14-9-6-10-15-20)22-17-11-16-21(28-22)18-37-30-23(19-12-7-5-8-13-19)24-29-31-32-33(24)4;1-18(2,3)24-17(23)21(15-11-7-10-14(12-19)20-15)16(22)13-8-5-4-6-9-13;1-14-9(10-12-13-14)8(11-15)7-5-3-2-4-6-7/h5-17H,18H2,1-4H3;4-11H,12H2,1-3H3;2-6,15H,1H3. The number of oxime groups is 2. The van der Waals surface area contributed by atoms with Gasteiger partial charge in [0.2, 0.25) is 11.6 Å². The third-order valence-corrected chi connectivity index (χ3v) is 10.6. The summed E-state index contributed by atoms with van der Waals surface area (Å²) < 4.78 is 13.8. The summed E-state index contributed by atoms with van der Waals surface area (Å²) in [7, 11) is 3.39. The molecule has 0 spiro atoms. The average molecular weight is 1110 g/mol. The summed E-state index contributed by atoms with van der Waals surface area (Å²) in [5, 5.41) is 39.5. The molecular formula is C54H55BrN14O8. The van der Waals surface area contributed by atoms with Crippen molar-refractivity contribution in [3.8, 4) is 0 Å². The van der Waals surface area contributed by atoms with Crippen molar-refractivity contribution in [2.75, 3.05) is 9.80 Å². The molecule has 0 unspecified atom stereocenters. The number of pyridine rings is 2. The van der Waals surface area contributed by atoms with E-state index >= 15 is 0 Å². The number of anilines is 2. The average Bonchev–Trinajstić information content (AvgIpc) is 4.05. The lowest BCUT2D eigenvalue weighted by atomic mass is 10.1. The predicted octanol–water partition coefficient (Wildman–Crippen LogP) is 9.15. The molecule has 4 heterocycles. The summed E-state index contributed by atoms with van der Waals surface area (Å²) in [5.74, 6) is 0.119. The molecular weight excluding hydrogens is 1050 g/mol. The minimum absolute atomic E-state index is 0.0445. The number of aromatic nitrogens is 10. The first kappa shape index (κ1) is 56.9. The second kappa shape index (κ2) is 26.7. The fourth-order valence-corrected chi connectivity index (χ4v) is 6.92. The molecule has 0 fully saturated rings. The van der Waals surface area contributed by atoms with E-state index in [1.807, 2.05) is 60.7 Å². The van der Waals surface area contributed by atoms with Crippen LogP contribution in [0.3, 0.4) is 0 Å². The van der Waals surface area contributed by atoms with Crippen LogP contribution in [0.1, 0.15) is 96.4 Å². The summed E-state index contributed by atoms with van der Waals surface area (Å²) in [4.78, 5) is 68.2. The van der Waals surface area contributed by atoms with E-state index in [1.165, 1.54) is 9.36 Å². The maximum atomic E-state index is 13.3. The van der Waals surface area contributed by atoms with Crippen LogP contribution in [0.15, 0.2) is 168 Å². The normalized spacial score (nSPS) is 11.4. The van der Waals surface area contributed by atoms with Gasteiger partial charge < -0.3 is 19.5 Å². The second-order valence-corrected chi connectivity index (χ2v) is 18.8. The van der Waals surface area contributed by atoms with Crippen LogP contribution >= 0.6 is 15.9 Å². The van der Waals surface area contributed by atoms with E-state index in [4.69, 9.17) is 19.5 Å². The maximum absolute atomic E-state index is 13.3. The van der Waals surface area contributed by atoms with Gasteiger partial charge in [0.1, 0.15) is 22.8 Å². The Hall–Kier alpha value is -9.38. The van der Waals surface area contributed by atoms with Crippen molar-refractivity contribution >= 4 is 63.0 Å². The first-order chi connectivity index (χ1) is 36.9. The molecule has 8 rings (SSSR count). The molecule has 0 atom stereocenters. The molecule has 23 heteroatoms. The number of hydrogen-bond acceptors (Lipinski definition) is 18. The summed E-state index contributed by atoms with van der Waals surface area (Å²) in [6.07, 6.45) is -1.59. The van der Waals surface area contributed by atoms with Crippen molar-refractivity contribution in [3.05, 3.63) is 203 Å². The minimum Gasteiger partial charge on any atom is -0.443 e. The van der Waals surface area contributed by atoms with Gasteiger partial charge in [-0.25, -0.2) is 28.9 Å². The second-order valence-electron chi connectivity index (χ2n) is 18.2. The third-order valence-electron chi connectivity index (χ3n) is 10.0. The lowest BCUT2D eigenvalue weighted by Crippen LogP contribution is -2.41. The summed E-state index contributed by atoms with van der Waals surface area (Å²) in [6.45, 7) is 10.4. The summed E-state index contributed by atoms with van der Waals surface area (Å²) in [5.41, 5.74) is 2.61. The van der Waals surface area contributed by atoms with E-state index in [2.05, 4.69) is 67.3 Å². The lowest BCUT2D eigenvalue weighted by Gasteiger charge is -2.25. The molecule has 1 N–H and O–H groups in total. The molecule has 4 aromatic heterocycles. The zero-order valence-corrected chi connectivity index (χ0v) is 45.0. The number of carbonyl (C=O) groups excluding carboxylic acids is 4. The number of alkyl halides is 1. The molecule has 8 aromatic rings. The summed E-state index contributed by atoms with van der Waals surface area (Å²) in [6, 6.07) is 45.7.